The largest absolute Gasteiger partial charge is 0.480 e. The van der Waals surface area contributed by atoms with Crippen LogP contribution < -0.4 is 5.32 Å². The Morgan fingerprint density at radius 2 is 1.67 bits per heavy atom. The molecule has 0 unspecified atom stereocenters. The number of alkyl halides is 3. The Kier molecular flexibility index (Phi) is 6.45. The molecule has 144 valence electrons. The summed E-state index contributed by atoms with van der Waals surface area (Å²) >= 11 is 5.97. The number of nitrogens with one attached hydrogen (secondary N) is 1. The molecule has 2 aromatic rings. The summed E-state index contributed by atoms with van der Waals surface area (Å²) in [5.41, 5.74) is -0.542. The Balaban J connectivity index is 2.10. The van der Waals surface area contributed by atoms with Crippen molar-refractivity contribution in [3.05, 3.63) is 70.2 Å². The Morgan fingerprint density at radius 1 is 1.07 bits per heavy atom. The molecule has 5 nitrogen and oxygen atoms in total. The second-order valence-electron chi connectivity index (χ2n) is 5.72. The first-order valence-electron chi connectivity index (χ1n) is 7.71. The van der Waals surface area contributed by atoms with Crippen molar-refractivity contribution in [2.75, 3.05) is 0 Å². The van der Waals surface area contributed by atoms with Gasteiger partial charge in [0.15, 0.2) is 6.10 Å². The first kappa shape index (κ1) is 20.7. The van der Waals surface area contributed by atoms with Crippen molar-refractivity contribution in [2.45, 2.75) is 24.7 Å². The van der Waals surface area contributed by atoms with Gasteiger partial charge in [-0.05, 0) is 29.3 Å². The molecule has 27 heavy (non-hydrogen) atoms. The monoisotopic (exact) mass is 401 g/mol. The summed E-state index contributed by atoms with van der Waals surface area (Å²) in [5, 5.41) is 21.8. The lowest BCUT2D eigenvalue weighted by Gasteiger charge is -2.18. The van der Waals surface area contributed by atoms with Crippen LogP contribution in [-0.4, -0.2) is 28.1 Å². The summed E-state index contributed by atoms with van der Waals surface area (Å²) in [4.78, 5) is 23.5. The highest BCUT2D eigenvalue weighted by Gasteiger charge is 2.31. The van der Waals surface area contributed by atoms with Crippen LogP contribution in [0, 0.1) is 0 Å². The molecule has 0 aliphatic heterocycles. The van der Waals surface area contributed by atoms with Gasteiger partial charge >= 0.3 is 12.1 Å². The highest BCUT2D eigenvalue weighted by atomic mass is 35.5. The van der Waals surface area contributed by atoms with Crippen LogP contribution in [0.25, 0.3) is 0 Å². The van der Waals surface area contributed by atoms with Crippen molar-refractivity contribution in [3.8, 4) is 0 Å². The molecule has 0 heterocycles. The van der Waals surface area contributed by atoms with E-state index in [1.165, 1.54) is 0 Å². The van der Waals surface area contributed by atoms with E-state index < -0.39 is 35.8 Å². The number of aliphatic carboxylic acids is 1. The number of carboxylic acid groups (broad SMARTS) is 1. The number of carbonyl (C=O) groups is 2. The molecule has 0 bridgehead atoms. The number of halogens is 4. The highest BCUT2D eigenvalue weighted by molar-refractivity contribution is 6.31. The lowest BCUT2D eigenvalue weighted by atomic mass is 10.0. The fourth-order valence-corrected chi connectivity index (χ4v) is 2.55. The summed E-state index contributed by atoms with van der Waals surface area (Å²) in [5.74, 6) is -2.39. The number of aliphatic hydroxyl groups excluding tert-OH is 1. The van der Waals surface area contributed by atoms with Crippen molar-refractivity contribution in [3.63, 3.8) is 0 Å². The quantitative estimate of drug-likeness (QED) is 0.693. The summed E-state index contributed by atoms with van der Waals surface area (Å²) in [7, 11) is 0. The molecule has 0 aliphatic carbocycles. The van der Waals surface area contributed by atoms with Crippen LogP contribution in [0.4, 0.5) is 13.2 Å². The van der Waals surface area contributed by atoms with Crippen LogP contribution in [0.1, 0.15) is 22.8 Å². The van der Waals surface area contributed by atoms with Crippen molar-refractivity contribution < 1.29 is 33.0 Å². The summed E-state index contributed by atoms with van der Waals surface area (Å²) in [6, 6.07) is 8.46. The van der Waals surface area contributed by atoms with E-state index in [0.717, 1.165) is 24.3 Å². The Labute approximate surface area is 157 Å². The van der Waals surface area contributed by atoms with Gasteiger partial charge in [0, 0.05) is 11.4 Å². The minimum Gasteiger partial charge on any atom is -0.480 e. The normalized spacial score (nSPS) is 13.7. The third-order valence-electron chi connectivity index (χ3n) is 3.80. The van der Waals surface area contributed by atoms with Crippen molar-refractivity contribution in [1.29, 1.82) is 0 Å². The molecule has 0 saturated heterocycles. The maximum Gasteiger partial charge on any atom is 0.416 e. The number of amides is 1. The van der Waals surface area contributed by atoms with Gasteiger partial charge in [0.1, 0.15) is 6.04 Å². The maximum absolute atomic E-state index is 12.6. The van der Waals surface area contributed by atoms with Gasteiger partial charge in [-0.15, -0.1) is 0 Å². The lowest BCUT2D eigenvalue weighted by Crippen LogP contribution is -2.44. The average Bonchev–Trinajstić information content (AvgIpc) is 2.61. The lowest BCUT2D eigenvalue weighted by molar-refractivity contribution is -0.143. The van der Waals surface area contributed by atoms with Gasteiger partial charge < -0.3 is 15.5 Å². The number of hydrogen-bond acceptors (Lipinski definition) is 3. The number of hydrogen-bond donors (Lipinski definition) is 3. The molecular weight excluding hydrogens is 387 g/mol. The van der Waals surface area contributed by atoms with Crippen LogP contribution in [0.15, 0.2) is 48.5 Å². The highest BCUT2D eigenvalue weighted by Crippen LogP contribution is 2.30. The van der Waals surface area contributed by atoms with Gasteiger partial charge in [-0.2, -0.15) is 13.2 Å². The van der Waals surface area contributed by atoms with Crippen LogP contribution in [0.3, 0.4) is 0 Å². The van der Waals surface area contributed by atoms with Gasteiger partial charge in [-0.1, -0.05) is 41.9 Å². The van der Waals surface area contributed by atoms with E-state index in [-0.39, 0.29) is 12.0 Å². The van der Waals surface area contributed by atoms with Crippen LogP contribution in [0.2, 0.25) is 5.02 Å². The predicted molar refractivity (Wildman–Crippen MR) is 91.1 cm³/mol. The molecular formula is C18H15ClF3NO4. The van der Waals surface area contributed by atoms with Crippen molar-refractivity contribution in [1.82, 2.24) is 5.32 Å². The van der Waals surface area contributed by atoms with Crippen molar-refractivity contribution >= 4 is 23.5 Å². The number of rotatable bonds is 6. The molecule has 2 rings (SSSR count). The molecule has 9 heteroatoms. The number of carbonyl (C=O) groups excluding carboxylic acids is 1. The molecule has 0 spiro atoms. The molecule has 0 fully saturated rings. The van der Waals surface area contributed by atoms with Crippen molar-refractivity contribution in [2.24, 2.45) is 0 Å². The summed E-state index contributed by atoms with van der Waals surface area (Å²) in [6.07, 6.45) is -6.49. The third-order valence-corrected chi connectivity index (χ3v) is 4.17. The fourth-order valence-electron chi connectivity index (χ4n) is 2.34. The average molecular weight is 402 g/mol. The van der Waals surface area contributed by atoms with Gasteiger partial charge in [-0.3, -0.25) is 4.79 Å². The summed E-state index contributed by atoms with van der Waals surface area (Å²) in [6.45, 7) is 0. The fraction of sp³-hybridized carbons (Fsp3) is 0.222. The summed E-state index contributed by atoms with van der Waals surface area (Å²) < 4.78 is 37.7. The molecule has 0 aliphatic rings. The Hall–Kier alpha value is -2.58. The Bertz CT molecular complexity index is 824. The smallest absolute Gasteiger partial charge is 0.416 e. The second kappa shape index (κ2) is 8.41. The minimum absolute atomic E-state index is 0.0950. The maximum atomic E-state index is 12.6. The standard InChI is InChI=1S/C18H15ClF3NO4/c19-13-4-2-1-3-11(13)9-14(17(26)27)23-16(25)15(24)10-5-7-12(8-6-10)18(20,21)22/h1-8,14-15,24H,9H2,(H,23,25)(H,26,27)/t14-,15+/m1/s1. The first-order chi connectivity index (χ1) is 12.6. The first-order valence-corrected chi connectivity index (χ1v) is 8.09. The zero-order valence-electron chi connectivity index (χ0n) is 13.7. The van der Waals surface area contributed by atoms with E-state index in [0.29, 0.717) is 10.6 Å². The molecule has 2 atom stereocenters. The van der Waals surface area contributed by atoms with E-state index in [4.69, 9.17) is 11.6 Å². The SMILES string of the molecule is O=C(N[C@H](Cc1ccccc1Cl)C(=O)O)[C@@H](O)c1ccc(C(F)(F)F)cc1. The van der Waals surface area contributed by atoms with Gasteiger partial charge in [0.05, 0.1) is 5.56 Å². The molecule has 0 radical (unpaired) electrons. The second-order valence-corrected chi connectivity index (χ2v) is 6.12. The van der Waals surface area contributed by atoms with Crippen LogP contribution in [-0.2, 0) is 22.2 Å². The zero-order chi connectivity index (χ0) is 20.2. The molecule has 2 aromatic carbocycles. The number of aliphatic hydroxyl groups is 1. The number of benzene rings is 2. The van der Waals surface area contributed by atoms with Crippen LogP contribution in [0.5, 0.6) is 0 Å². The number of carboxylic acids is 1. The molecule has 1 amide bonds. The van der Waals surface area contributed by atoms with Gasteiger partial charge in [0.25, 0.3) is 5.91 Å². The van der Waals surface area contributed by atoms with Gasteiger partial charge in [0.2, 0.25) is 0 Å². The van der Waals surface area contributed by atoms with E-state index in [2.05, 4.69) is 5.32 Å². The zero-order valence-corrected chi connectivity index (χ0v) is 14.5. The molecule has 3 N–H and O–H groups in total. The van der Waals surface area contributed by atoms with E-state index in [1.807, 2.05) is 0 Å². The van der Waals surface area contributed by atoms with Gasteiger partial charge in [-0.25, -0.2) is 4.79 Å². The molecule has 0 saturated carbocycles. The van der Waals surface area contributed by atoms with E-state index in [9.17, 15) is 33.0 Å². The minimum atomic E-state index is -4.55. The topological polar surface area (TPSA) is 86.6 Å². The predicted octanol–water partition coefficient (Wildman–Crippen LogP) is 3.20. The Morgan fingerprint density at radius 3 is 2.19 bits per heavy atom. The van der Waals surface area contributed by atoms with E-state index >= 15 is 0 Å². The van der Waals surface area contributed by atoms with Crippen LogP contribution >= 0.6 is 11.6 Å². The molecule has 0 aromatic heterocycles. The van der Waals surface area contributed by atoms with E-state index in [1.54, 1.807) is 24.3 Å². The third kappa shape index (κ3) is 5.45.